The van der Waals surface area contributed by atoms with Crippen LogP contribution in [0, 0.1) is 0 Å². The number of carbonyl (C=O) groups is 2. The molecular formula is C13H22ClN3O2. The van der Waals surface area contributed by atoms with Gasteiger partial charge in [0.05, 0.1) is 0 Å². The standard InChI is InChI=1S/C13H22ClN3O2/c1-17-10-3-2-4-11(17)8-9(7-10)15-13(19)16-12(18)5-6-14/h9-11H,2-8H2,1H3,(H2,15,16,18,19). The number of hydrogen-bond acceptors (Lipinski definition) is 3. The van der Waals surface area contributed by atoms with Gasteiger partial charge in [-0.3, -0.25) is 10.1 Å². The van der Waals surface area contributed by atoms with E-state index in [4.69, 9.17) is 11.6 Å². The normalized spacial score (nSPS) is 30.7. The Morgan fingerprint density at radius 1 is 1.26 bits per heavy atom. The predicted octanol–water partition coefficient (Wildman–Crippen LogP) is 1.46. The Hall–Kier alpha value is -0.810. The Bertz CT molecular complexity index is 337. The minimum atomic E-state index is -0.386. The number of alkyl halides is 1. The maximum atomic E-state index is 11.7. The molecule has 108 valence electrons. The molecule has 2 unspecified atom stereocenters. The van der Waals surface area contributed by atoms with Gasteiger partial charge in [0.2, 0.25) is 5.91 Å². The Morgan fingerprint density at radius 2 is 1.89 bits per heavy atom. The first-order valence-corrected chi connectivity index (χ1v) is 7.52. The van der Waals surface area contributed by atoms with Gasteiger partial charge in [-0.15, -0.1) is 11.6 Å². The highest BCUT2D eigenvalue weighted by atomic mass is 35.5. The zero-order valence-electron chi connectivity index (χ0n) is 11.3. The lowest BCUT2D eigenvalue weighted by Gasteiger charge is -2.47. The summed E-state index contributed by atoms with van der Waals surface area (Å²) in [5.74, 6) is -0.0853. The fraction of sp³-hybridized carbons (Fsp3) is 0.846. The molecule has 2 aliphatic heterocycles. The number of piperidine rings is 2. The molecule has 2 atom stereocenters. The van der Waals surface area contributed by atoms with Gasteiger partial charge < -0.3 is 10.2 Å². The van der Waals surface area contributed by atoms with Gasteiger partial charge in [-0.25, -0.2) is 4.79 Å². The van der Waals surface area contributed by atoms with Crippen molar-refractivity contribution in [1.82, 2.24) is 15.5 Å². The molecule has 0 aromatic carbocycles. The summed E-state index contributed by atoms with van der Waals surface area (Å²) < 4.78 is 0. The number of urea groups is 1. The minimum Gasteiger partial charge on any atom is -0.335 e. The topological polar surface area (TPSA) is 61.4 Å². The van der Waals surface area contributed by atoms with E-state index < -0.39 is 0 Å². The highest BCUT2D eigenvalue weighted by Crippen LogP contribution is 2.32. The molecule has 2 rings (SSSR count). The first kappa shape index (κ1) is 14.6. The molecule has 0 spiro atoms. The van der Waals surface area contributed by atoms with Crippen LogP contribution in [0.3, 0.4) is 0 Å². The van der Waals surface area contributed by atoms with Crippen molar-refractivity contribution < 1.29 is 9.59 Å². The largest absolute Gasteiger partial charge is 0.335 e. The summed E-state index contributed by atoms with van der Waals surface area (Å²) in [5.41, 5.74) is 0. The van der Waals surface area contributed by atoms with Crippen molar-refractivity contribution in [3.8, 4) is 0 Å². The zero-order valence-corrected chi connectivity index (χ0v) is 12.1. The summed E-state index contributed by atoms with van der Waals surface area (Å²) in [6.45, 7) is 0. The molecule has 5 nitrogen and oxygen atoms in total. The second-order valence-electron chi connectivity index (χ2n) is 5.53. The van der Waals surface area contributed by atoms with Crippen molar-refractivity contribution in [2.45, 2.75) is 56.7 Å². The van der Waals surface area contributed by atoms with E-state index in [1.165, 1.54) is 19.3 Å². The molecule has 19 heavy (non-hydrogen) atoms. The third-order valence-electron chi connectivity index (χ3n) is 4.25. The van der Waals surface area contributed by atoms with E-state index >= 15 is 0 Å². The quantitative estimate of drug-likeness (QED) is 0.773. The van der Waals surface area contributed by atoms with Crippen molar-refractivity contribution in [3.05, 3.63) is 0 Å². The molecular weight excluding hydrogens is 266 g/mol. The van der Waals surface area contributed by atoms with E-state index in [0.29, 0.717) is 12.1 Å². The number of hydrogen-bond donors (Lipinski definition) is 2. The van der Waals surface area contributed by atoms with Crippen LogP contribution in [-0.4, -0.2) is 47.9 Å². The molecule has 0 aliphatic carbocycles. The Balaban J connectivity index is 1.80. The summed E-state index contributed by atoms with van der Waals surface area (Å²) in [6, 6.07) is 0.922. The van der Waals surface area contributed by atoms with Crippen molar-refractivity contribution >= 4 is 23.5 Å². The second-order valence-corrected chi connectivity index (χ2v) is 5.91. The van der Waals surface area contributed by atoms with Gasteiger partial charge >= 0.3 is 6.03 Å². The van der Waals surface area contributed by atoms with E-state index in [1.54, 1.807) is 0 Å². The van der Waals surface area contributed by atoms with E-state index in [2.05, 4.69) is 22.6 Å². The molecule has 3 amide bonds. The number of amides is 3. The fourth-order valence-electron chi connectivity index (χ4n) is 3.23. The van der Waals surface area contributed by atoms with Crippen LogP contribution in [0.25, 0.3) is 0 Å². The van der Waals surface area contributed by atoms with Gasteiger partial charge in [0.15, 0.2) is 0 Å². The summed E-state index contributed by atoms with van der Waals surface area (Å²) in [7, 11) is 2.18. The first-order valence-electron chi connectivity index (χ1n) is 6.98. The fourth-order valence-corrected chi connectivity index (χ4v) is 3.40. The Labute approximate surface area is 119 Å². The summed E-state index contributed by atoms with van der Waals surface area (Å²) >= 11 is 5.45. The Morgan fingerprint density at radius 3 is 2.47 bits per heavy atom. The van der Waals surface area contributed by atoms with Crippen LogP contribution < -0.4 is 10.6 Å². The van der Waals surface area contributed by atoms with Crippen LogP contribution >= 0.6 is 11.6 Å². The highest BCUT2D eigenvalue weighted by Gasteiger charge is 2.36. The molecule has 2 aliphatic rings. The summed E-state index contributed by atoms with van der Waals surface area (Å²) in [6.07, 6.45) is 5.82. The lowest BCUT2D eigenvalue weighted by molar-refractivity contribution is -0.119. The lowest BCUT2D eigenvalue weighted by atomic mass is 9.82. The molecule has 0 saturated carbocycles. The van der Waals surface area contributed by atoms with E-state index in [-0.39, 0.29) is 30.3 Å². The van der Waals surface area contributed by atoms with Crippen LogP contribution in [-0.2, 0) is 4.79 Å². The third kappa shape index (κ3) is 3.83. The lowest BCUT2D eigenvalue weighted by Crippen LogP contribution is -2.56. The van der Waals surface area contributed by atoms with Crippen molar-refractivity contribution in [2.75, 3.05) is 12.9 Å². The van der Waals surface area contributed by atoms with Gasteiger partial charge in [-0.2, -0.15) is 0 Å². The first-order chi connectivity index (χ1) is 9.10. The predicted molar refractivity (Wildman–Crippen MR) is 74.2 cm³/mol. The molecule has 6 heteroatoms. The molecule has 2 bridgehead atoms. The number of nitrogens with one attached hydrogen (secondary N) is 2. The Kier molecular flexibility index (Phi) is 5.05. The summed E-state index contributed by atoms with van der Waals surface area (Å²) in [5, 5.41) is 5.23. The SMILES string of the molecule is CN1C2CCCC1CC(NC(=O)NC(=O)CCCl)C2. The highest BCUT2D eigenvalue weighted by molar-refractivity contribution is 6.19. The van der Waals surface area contributed by atoms with Gasteiger partial charge in [0.1, 0.15) is 0 Å². The second kappa shape index (κ2) is 6.57. The number of nitrogens with zero attached hydrogens (tertiary/aromatic N) is 1. The number of carbonyl (C=O) groups excluding carboxylic acids is 2. The maximum Gasteiger partial charge on any atom is 0.321 e. The van der Waals surface area contributed by atoms with Crippen LogP contribution in [0.5, 0.6) is 0 Å². The molecule has 2 heterocycles. The van der Waals surface area contributed by atoms with Crippen LogP contribution in [0.1, 0.15) is 38.5 Å². The van der Waals surface area contributed by atoms with E-state index in [0.717, 1.165) is 12.8 Å². The van der Waals surface area contributed by atoms with Crippen molar-refractivity contribution in [2.24, 2.45) is 0 Å². The van der Waals surface area contributed by atoms with Gasteiger partial charge in [0.25, 0.3) is 0 Å². The van der Waals surface area contributed by atoms with Crippen LogP contribution in [0.2, 0.25) is 0 Å². The average Bonchev–Trinajstić information content (AvgIpc) is 2.30. The smallest absolute Gasteiger partial charge is 0.321 e. The third-order valence-corrected chi connectivity index (χ3v) is 4.44. The van der Waals surface area contributed by atoms with Crippen molar-refractivity contribution in [3.63, 3.8) is 0 Å². The summed E-state index contributed by atoms with van der Waals surface area (Å²) in [4.78, 5) is 25.4. The van der Waals surface area contributed by atoms with Gasteiger partial charge in [-0.05, 0) is 32.7 Å². The van der Waals surface area contributed by atoms with Crippen LogP contribution in [0.4, 0.5) is 4.79 Å². The minimum absolute atomic E-state index is 0.174. The maximum absolute atomic E-state index is 11.7. The number of rotatable bonds is 3. The van der Waals surface area contributed by atoms with Gasteiger partial charge in [0, 0.05) is 30.4 Å². The molecule has 2 N–H and O–H groups in total. The van der Waals surface area contributed by atoms with E-state index in [1.807, 2.05) is 0 Å². The molecule has 0 radical (unpaired) electrons. The molecule has 0 aromatic rings. The monoisotopic (exact) mass is 287 g/mol. The van der Waals surface area contributed by atoms with E-state index in [9.17, 15) is 9.59 Å². The molecule has 0 aromatic heterocycles. The van der Waals surface area contributed by atoms with Crippen molar-refractivity contribution in [1.29, 1.82) is 0 Å². The number of imide groups is 1. The molecule has 2 fully saturated rings. The average molecular weight is 288 g/mol. The van der Waals surface area contributed by atoms with Crippen LogP contribution in [0.15, 0.2) is 0 Å². The van der Waals surface area contributed by atoms with Gasteiger partial charge in [-0.1, -0.05) is 6.42 Å². The zero-order chi connectivity index (χ0) is 13.8. The number of fused-ring (bicyclic) bond motifs is 2. The molecule has 2 saturated heterocycles. The number of halogens is 1.